The van der Waals surface area contributed by atoms with Crippen molar-refractivity contribution in [2.24, 2.45) is 0 Å². The van der Waals surface area contributed by atoms with Crippen molar-refractivity contribution in [1.82, 2.24) is 9.38 Å². The highest BCUT2D eigenvalue weighted by atomic mass is 19.4. The Bertz CT molecular complexity index is 1040. The summed E-state index contributed by atoms with van der Waals surface area (Å²) in [5, 5.41) is 23.7. The number of halogens is 3. The Hall–Kier alpha value is -3.61. The predicted molar refractivity (Wildman–Crippen MR) is 84.5 cm³/mol. The predicted octanol–water partition coefficient (Wildman–Crippen LogP) is 1.88. The number of nitrogens with one attached hydrogen (secondary N) is 1. The second-order valence-corrected chi connectivity index (χ2v) is 5.53. The van der Waals surface area contributed by atoms with Crippen LogP contribution in [-0.2, 0) is 12.7 Å². The lowest BCUT2D eigenvalue weighted by atomic mass is 10.3. The number of pyridine rings is 2. The van der Waals surface area contributed by atoms with Crippen LogP contribution < -0.4 is 15.0 Å². The zero-order valence-electron chi connectivity index (χ0n) is 13.7. The highest BCUT2D eigenvalue weighted by Gasteiger charge is 2.31. The first-order valence-electron chi connectivity index (χ1n) is 7.74. The minimum atomic E-state index is -4.54. The summed E-state index contributed by atoms with van der Waals surface area (Å²) in [5.41, 5.74) is -0.763. The van der Waals surface area contributed by atoms with Crippen LogP contribution in [0.25, 0.3) is 5.65 Å². The second kappa shape index (κ2) is 6.95. The number of carbonyl (C=O) groups is 1. The van der Waals surface area contributed by atoms with Crippen molar-refractivity contribution in [2.75, 3.05) is 5.32 Å². The number of imidazole rings is 1. The number of alkyl halides is 3. The first kappa shape index (κ1) is 18.2. The lowest BCUT2D eigenvalue weighted by molar-refractivity contribution is -0.711. The number of hydrogen-bond acceptors (Lipinski definition) is 4. The lowest BCUT2D eigenvalue weighted by Gasteiger charge is -2.08. The van der Waals surface area contributed by atoms with E-state index in [1.165, 1.54) is 15.2 Å². The third-order valence-corrected chi connectivity index (χ3v) is 3.80. The van der Waals surface area contributed by atoms with Crippen molar-refractivity contribution in [3.8, 4) is 11.9 Å². The molecule has 0 unspecified atom stereocenters. The molecule has 0 aromatic carbocycles. The van der Waals surface area contributed by atoms with E-state index in [2.05, 4.69) is 10.3 Å². The Labute approximate surface area is 150 Å². The Morgan fingerprint density at radius 3 is 2.74 bits per heavy atom. The molecular formula is C17H12F3N5O2. The number of anilines is 1. The Kier molecular flexibility index (Phi) is 4.68. The van der Waals surface area contributed by atoms with Crippen molar-refractivity contribution in [3.05, 3.63) is 54.0 Å². The number of aryl methyl sites for hydroxylation is 1. The summed E-state index contributed by atoms with van der Waals surface area (Å²) in [6, 6.07) is 8.63. The highest BCUT2D eigenvalue weighted by Crippen LogP contribution is 2.29. The maximum absolute atomic E-state index is 12.6. The number of amides is 1. The van der Waals surface area contributed by atoms with E-state index in [1.807, 2.05) is 6.07 Å². The van der Waals surface area contributed by atoms with E-state index in [0.717, 1.165) is 12.1 Å². The first-order chi connectivity index (χ1) is 12.8. The fourth-order valence-corrected chi connectivity index (χ4v) is 2.57. The number of carbonyl (C=O) groups excluding carboxylic acids is 1. The maximum Gasteiger partial charge on any atom is 0.417 e. The molecule has 10 heteroatoms. The van der Waals surface area contributed by atoms with E-state index in [-0.39, 0.29) is 24.5 Å². The molecule has 0 aliphatic rings. The maximum atomic E-state index is 12.6. The largest absolute Gasteiger partial charge is 0.839 e. The third kappa shape index (κ3) is 3.52. The van der Waals surface area contributed by atoms with Crippen LogP contribution in [0.5, 0.6) is 5.88 Å². The van der Waals surface area contributed by atoms with Crippen LogP contribution in [0.4, 0.5) is 19.0 Å². The smallest absolute Gasteiger partial charge is 0.417 e. The van der Waals surface area contributed by atoms with E-state index in [9.17, 15) is 23.1 Å². The van der Waals surface area contributed by atoms with Gasteiger partial charge >= 0.3 is 6.18 Å². The van der Waals surface area contributed by atoms with Gasteiger partial charge in [0.15, 0.2) is 0 Å². The van der Waals surface area contributed by atoms with Crippen molar-refractivity contribution >= 4 is 17.4 Å². The summed E-state index contributed by atoms with van der Waals surface area (Å²) in [5.74, 6) is -1.55. The molecule has 0 saturated carbocycles. The van der Waals surface area contributed by atoms with Gasteiger partial charge in [0.05, 0.1) is 24.3 Å². The van der Waals surface area contributed by atoms with Crippen LogP contribution in [0.2, 0.25) is 0 Å². The number of fused-ring (bicyclic) bond motifs is 1. The van der Waals surface area contributed by atoms with Crippen LogP contribution in [0.3, 0.4) is 0 Å². The number of nitrogens with zero attached hydrogens (tertiary/aromatic N) is 4. The summed E-state index contributed by atoms with van der Waals surface area (Å²) < 4.78 is 40.4. The Morgan fingerprint density at radius 1 is 1.33 bits per heavy atom. The van der Waals surface area contributed by atoms with Gasteiger partial charge in [0.25, 0.3) is 11.6 Å². The number of nitriles is 1. The summed E-state index contributed by atoms with van der Waals surface area (Å²) in [7, 11) is 0. The zero-order valence-corrected chi connectivity index (χ0v) is 13.7. The average Bonchev–Trinajstić information content (AvgIpc) is 2.91. The van der Waals surface area contributed by atoms with Crippen molar-refractivity contribution < 1.29 is 27.6 Å². The molecule has 0 fully saturated rings. The van der Waals surface area contributed by atoms with Crippen LogP contribution in [-0.4, -0.2) is 15.3 Å². The van der Waals surface area contributed by atoms with Gasteiger partial charge in [0.1, 0.15) is 18.2 Å². The molecule has 3 aromatic rings. The number of aromatic nitrogens is 3. The van der Waals surface area contributed by atoms with E-state index < -0.39 is 23.5 Å². The SMILES string of the molecule is N#CCC[n+]1c([O-])c(C(=O)Nc2ccc(C(F)(F)F)cn2)n2ccccc21. The molecular weight excluding hydrogens is 363 g/mol. The molecule has 3 aromatic heterocycles. The quantitative estimate of drug-likeness (QED) is 0.704. The summed E-state index contributed by atoms with van der Waals surface area (Å²) in [6.07, 6.45) is -2.36. The van der Waals surface area contributed by atoms with Gasteiger partial charge in [-0.1, -0.05) is 6.07 Å². The topological polar surface area (TPSA) is 97.1 Å². The molecule has 0 radical (unpaired) electrons. The second-order valence-electron chi connectivity index (χ2n) is 5.53. The van der Waals surface area contributed by atoms with Crippen molar-refractivity contribution in [2.45, 2.75) is 19.1 Å². The zero-order chi connectivity index (χ0) is 19.6. The molecule has 1 N–H and O–H groups in total. The monoisotopic (exact) mass is 375 g/mol. The van der Waals surface area contributed by atoms with Gasteiger partial charge in [0, 0.05) is 12.3 Å². The molecule has 7 nitrogen and oxygen atoms in total. The standard InChI is InChI=1S/C17H12F3N5O2/c18-17(19,20)11-5-6-12(22-10-11)23-15(26)14-16(27)25(9-3-7-21)13-4-1-2-8-24(13)14/h1-2,4-6,8,10H,3,9H2,(H-,22,23,26,27). The third-order valence-electron chi connectivity index (χ3n) is 3.80. The lowest BCUT2D eigenvalue weighted by Crippen LogP contribution is -2.36. The van der Waals surface area contributed by atoms with Crippen LogP contribution in [0.1, 0.15) is 22.5 Å². The Balaban J connectivity index is 1.94. The molecule has 0 saturated heterocycles. The molecule has 0 bridgehead atoms. The highest BCUT2D eigenvalue weighted by molar-refractivity contribution is 6.04. The normalized spacial score (nSPS) is 11.3. The summed E-state index contributed by atoms with van der Waals surface area (Å²) in [6.45, 7) is 0.106. The number of rotatable bonds is 4. The number of hydrogen-bond donors (Lipinski definition) is 1. The summed E-state index contributed by atoms with van der Waals surface area (Å²) >= 11 is 0. The van der Waals surface area contributed by atoms with E-state index in [1.54, 1.807) is 18.2 Å². The van der Waals surface area contributed by atoms with Gasteiger partial charge in [-0.05, 0) is 18.2 Å². The Morgan fingerprint density at radius 2 is 2.11 bits per heavy atom. The minimum absolute atomic E-state index is 0.0794. The molecule has 138 valence electrons. The van der Waals surface area contributed by atoms with Gasteiger partial charge < -0.3 is 10.4 Å². The molecule has 3 rings (SSSR count). The van der Waals surface area contributed by atoms with Gasteiger partial charge in [-0.2, -0.15) is 22.8 Å². The first-order valence-corrected chi connectivity index (χ1v) is 7.74. The molecule has 1 amide bonds. The molecule has 27 heavy (non-hydrogen) atoms. The van der Waals surface area contributed by atoms with E-state index in [0.29, 0.717) is 11.8 Å². The fourth-order valence-electron chi connectivity index (χ4n) is 2.57. The molecule has 0 aliphatic heterocycles. The van der Waals surface area contributed by atoms with Gasteiger partial charge in [0.2, 0.25) is 5.69 Å². The molecule has 3 heterocycles. The van der Waals surface area contributed by atoms with Crippen LogP contribution in [0, 0.1) is 11.3 Å². The molecule has 0 aliphatic carbocycles. The van der Waals surface area contributed by atoms with Crippen LogP contribution in [0.15, 0.2) is 42.7 Å². The van der Waals surface area contributed by atoms with Crippen molar-refractivity contribution in [3.63, 3.8) is 0 Å². The molecule has 0 spiro atoms. The van der Waals surface area contributed by atoms with Gasteiger partial charge in [-0.15, -0.1) is 0 Å². The fraction of sp³-hybridized carbons (Fsp3) is 0.176. The van der Waals surface area contributed by atoms with Crippen molar-refractivity contribution in [1.29, 1.82) is 5.26 Å². The summed E-state index contributed by atoms with van der Waals surface area (Å²) in [4.78, 5) is 16.1. The van der Waals surface area contributed by atoms with Gasteiger partial charge in [-0.3, -0.25) is 4.79 Å². The van der Waals surface area contributed by atoms with E-state index >= 15 is 0 Å². The average molecular weight is 375 g/mol. The minimum Gasteiger partial charge on any atom is -0.839 e. The van der Waals surface area contributed by atoms with E-state index in [4.69, 9.17) is 5.26 Å². The van der Waals surface area contributed by atoms with Gasteiger partial charge in [-0.25, -0.2) is 9.55 Å². The van der Waals surface area contributed by atoms with Crippen LogP contribution >= 0.6 is 0 Å². The molecule has 0 atom stereocenters.